The molecule has 3 aromatic rings. The van der Waals surface area contributed by atoms with Crippen LogP contribution in [-0.4, -0.2) is 32.5 Å². The van der Waals surface area contributed by atoms with Gasteiger partial charge in [0, 0.05) is 36.1 Å². The van der Waals surface area contributed by atoms with Gasteiger partial charge in [-0.05, 0) is 80.3 Å². The second-order valence-electron chi connectivity index (χ2n) is 8.51. The first-order valence-electron chi connectivity index (χ1n) is 11.4. The van der Waals surface area contributed by atoms with Crippen LogP contribution in [0.1, 0.15) is 37.0 Å². The zero-order valence-corrected chi connectivity index (χ0v) is 20.2. The van der Waals surface area contributed by atoms with Gasteiger partial charge < -0.3 is 4.90 Å². The Morgan fingerprint density at radius 3 is 2.09 bits per heavy atom. The number of anilines is 3. The van der Waals surface area contributed by atoms with Crippen LogP contribution in [0.25, 0.3) is 0 Å². The second kappa shape index (κ2) is 9.81. The topological polar surface area (TPSA) is 74.8 Å². The quantitative estimate of drug-likeness (QED) is 0.447. The van der Waals surface area contributed by atoms with Crippen molar-refractivity contribution in [2.24, 2.45) is 5.92 Å². The van der Waals surface area contributed by atoms with Gasteiger partial charge in [-0.1, -0.05) is 24.3 Å². The molecule has 6 nitrogen and oxygen atoms in total. The molecule has 4 rings (SSSR count). The smallest absolute Gasteiger partial charge is 0.258 e. The molecule has 0 N–H and O–H groups in total. The van der Waals surface area contributed by atoms with Crippen molar-refractivity contribution in [2.45, 2.75) is 31.6 Å². The molecule has 34 heavy (non-hydrogen) atoms. The average molecular weight is 477 g/mol. The van der Waals surface area contributed by atoms with E-state index in [1.165, 1.54) is 11.8 Å². The molecule has 0 bridgehead atoms. The molecule has 0 radical (unpaired) electrons. The summed E-state index contributed by atoms with van der Waals surface area (Å²) >= 11 is 0. The highest BCUT2D eigenvalue weighted by Gasteiger charge is 2.29. The number of para-hydroxylation sites is 1. The lowest BCUT2D eigenvalue weighted by Crippen LogP contribution is -2.31. The van der Waals surface area contributed by atoms with Crippen LogP contribution in [0.3, 0.4) is 0 Å². The zero-order chi connectivity index (χ0) is 24.3. The van der Waals surface area contributed by atoms with Gasteiger partial charge in [0.1, 0.15) is 0 Å². The van der Waals surface area contributed by atoms with E-state index in [0.29, 0.717) is 23.5 Å². The largest absolute Gasteiger partial charge is 0.309 e. The maximum absolute atomic E-state index is 13.3. The van der Waals surface area contributed by atoms with E-state index in [1.54, 1.807) is 53.4 Å². The molecule has 3 aromatic carbocycles. The van der Waals surface area contributed by atoms with Crippen LogP contribution in [0.4, 0.5) is 17.1 Å². The number of hydrogen-bond donors (Lipinski definition) is 0. The Balaban J connectivity index is 1.62. The maximum atomic E-state index is 13.3. The van der Waals surface area contributed by atoms with Crippen LogP contribution in [0, 0.1) is 5.92 Å². The molecule has 1 fully saturated rings. The fourth-order valence-corrected chi connectivity index (χ4v) is 5.69. The molecule has 1 aliphatic carbocycles. The van der Waals surface area contributed by atoms with Crippen molar-refractivity contribution in [1.29, 1.82) is 0 Å². The molecule has 0 spiro atoms. The van der Waals surface area contributed by atoms with Crippen LogP contribution < -0.4 is 9.80 Å². The molecule has 0 atom stereocenters. The summed E-state index contributed by atoms with van der Waals surface area (Å²) in [6.45, 7) is 3.85. The molecule has 0 aliphatic heterocycles. The summed E-state index contributed by atoms with van der Waals surface area (Å²) in [6.07, 6.45) is 1.93. The van der Waals surface area contributed by atoms with Gasteiger partial charge in [-0.15, -0.1) is 0 Å². The molecule has 0 saturated heterocycles. The Kier molecular flexibility index (Phi) is 6.84. The van der Waals surface area contributed by atoms with E-state index in [0.717, 1.165) is 18.5 Å². The van der Waals surface area contributed by atoms with Crippen molar-refractivity contribution in [3.63, 3.8) is 0 Å². The van der Waals surface area contributed by atoms with E-state index in [2.05, 4.69) is 0 Å². The first-order valence-corrected chi connectivity index (χ1v) is 13.1. The minimum absolute atomic E-state index is 0.166. The van der Waals surface area contributed by atoms with Crippen molar-refractivity contribution in [3.8, 4) is 0 Å². The first kappa shape index (κ1) is 23.7. The fraction of sp³-hybridized carbons (Fsp3) is 0.259. The molecule has 0 aromatic heterocycles. The summed E-state index contributed by atoms with van der Waals surface area (Å²) in [7, 11) is -3.33. The SMILES string of the molecule is CCN(C(=O)c1cccc(N(C(C)=O)c2ccc(S(=O)(=O)CC3CC3)cc2)c1)c1ccccc1. The van der Waals surface area contributed by atoms with Crippen LogP contribution in [0.2, 0.25) is 0 Å². The van der Waals surface area contributed by atoms with Crippen LogP contribution >= 0.6 is 0 Å². The van der Waals surface area contributed by atoms with Gasteiger partial charge in [-0.3, -0.25) is 14.5 Å². The van der Waals surface area contributed by atoms with Gasteiger partial charge >= 0.3 is 0 Å². The minimum atomic E-state index is -3.33. The summed E-state index contributed by atoms with van der Waals surface area (Å²) in [6, 6.07) is 22.7. The number of carbonyl (C=O) groups excluding carboxylic acids is 2. The van der Waals surface area contributed by atoms with Gasteiger partial charge in [0.25, 0.3) is 5.91 Å². The number of nitrogens with zero attached hydrogens (tertiary/aromatic N) is 2. The molecular formula is C27H28N2O4S. The highest BCUT2D eigenvalue weighted by Crippen LogP contribution is 2.33. The number of carbonyl (C=O) groups is 2. The van der Waals surface area contributed by atoms with Crippen molar-refractivity contribution in [2.75, 3.05) is 22.1 Å². The lowest BCUT2D eigenvalue weighted by molar-refractivity contribution is -0.115. The van der Waals surface area contributed by atoms with E-state index in [4.69, 9.17) is 0 Å². The number of rotatable bonds is 8. The van der Waals surface area contributed by atoms with Gasteiger partial charge in [0.15, 0.2) is 9.84 Å². The van der Waals surface area contributed by atoms with Crippen molar-refractivity contribution in [1.82, 2.24) is 0 Å². The Hall–Kier alpha value is -3.45. The van der Waals surface area contributed by atoms with Gasteiger partial charge in [-0.2, -0.15) is 0 Å². The van der Waals surface area contributed by atoms with Crippen molar-refractivity contribution >= 4 is 38.7 Å². The summed E-state index contributed by atoms with van der Waals surface area (Å²) in [5, 5.41) is 0. The number of sulfone groups is 1. The molecule has 1 saturated carbocycles. The summed E-state index contributed by atoms with van der Waals surface area (Å²) < 4.78 is 25.1. The Morgan fingerprint density at radius 1 is 0.853 bits per heavy atom. The zero-order valence-electron chi connectivity index (χ0n) is 19.3. The third kappa shape index (κ3) is 5.20. The molecule has 0 unspecified atom stereocenters. The minimum Gasteiger partial charge on any atom is -0.309 e. The molecule has 176 valence electrons. The predicted octanol–water partition coefficient (Wildman–Crippen LogP) is 5.22. The van der Waals surface area contributed by atoms with Gasteiger partial charge in [-0.25, -0.2) is 8.42 Å². The highest BCUT2D eigenvalue weighted by molar-refractivity contribution is 7.91. The number of hydrogen-bond acceptors (Lipinski definition) is 4. The predicted molar refractivity (Wildman–Crippen MR) is 134 cm³/mol. The second-order valence-corrected chi connectivity index (χ2v) is 10.5. The van der Waals surface area contributed by atoms with E-state index in [9.17, 15) is 18.0 Å². The third-order valence-electron chi connectivity index (χ3n) is 5.90. The van der Waals surface area contributed by atoms with Gasteiger partial charge in [0.2, 0.25) is 5.91 Å². The molecule has 7 heteroatoms. The Morgan fingerprint density at radius 2 is 1.50 bits per heavy atom. The average Bonchev–Trinajstić information content (AvgIpc) is 3.64. The number of benzene rings is 3. The van der Waals surface area contributed by atoms with Crippen LogP contribution in [-0.2, 0) is 14.6 Å². The normalized spacial score (nSPS) is 13.4. The van der Waals surface area contributed by atoms with Crippen molar-refractivity contribution in [3.05, 3.63) is 84.4 Å². The third-order valence-corrected chi connectivity index (χ3v) is 7.80. The Bertz CT molecular complexity index is 1280. The van der Waals surface area contributed by atoms with E-state index >= 15 is 0 Å². The van der Waals surface area contributed by atoms with E-state index < -0.39 is 9.84 Å². The summed E-state index contributed by atoms with van der Waals surface area (Å²) in [4.78, 5) is 29.3. The van der Waals surface area contributed by atoms with E-state index in [1.807, 2.05) is 37.3 Å². The summed E-state index contributed by atoms with van der Waals surface area (Å²) in [5.41, 5.74) is 2.33. The monoisotopic (exact) mass is 476 g/mol. The fourth-order valence-electron chi connectivity index (χ4n) is 3.99. The molecule has 1 aliphatic rings. The van der Waals surface area contributed by atoms with Crippen LogP contribution in [0.15, 0.2) is 83.8 Å². The molecule has 2 amide bonds. The lowest BCUT2D eigenvalue weighted by Gasteiger charge is -2.24. The van der Waals surface area contributed by atoms with Crippen molar-refractivity contribution < 1.29 is 18.0 Å². The Labute approximate surface area is 200 Å². The first-order chi connectivity index (χ1) is 16.3. The van der Waals surface area contributed by atoms with Gasteiger partial charge in [0.05, 0.1) is 10.6 Å². The standard InChI is InChI=1S/C27H28N2O4S/c1-3-28(23-9-5-4-6-10-23)27(31)22-8-7-11-25(18-22)29(20(2)30)24-14-16-26(17-15-24)34(32,33)19-21-12-13-21/h4-11,14-18,21H,3,12-13,19H2,1-2H3. The molecular weight excluding hydrogens is 448 g/mol. The summed E-state index contributed by atoms with van der Waals surface area (Å²) in [5.74, 6) is 0.0221. The van der Waals surface area contributed by atoms with Crippen LogP contribution in [0.5, 0.6) is 0 Å². The molecule has 0 heterocycles. The number of amides is 2. The van der Waals surface area contributed by atoms with E-state index in [-0.39, 0.29) is 28.4 Å². The maximum Gasteiger partial charge on any atom is 0.258 e. The highest BCUT2D eigenvalue weighted by atomic mass is 32.2. The lowest BCUT2D eigenvalue weighted by atomic mass is 10.1.